The second-order valence-corrected chi connectivity index (χ2v) is 6.98. The van der Waals surface area contributed by atoms with Gasteiger partial charge in [-0.2, -0.15) is 0 Å². The van der Waals surface area contributed by atoms with Crippen LogP contribution in [-0.4, -0.2) is 43.7 Å². The molecule has 1 aliphatic heterocycles. The molecule has 0 spiro atoms. The number of halogens is 1. The van der Waals surface area contributed by atoms with E-state index in [0.29, 0.717) is 19.8 Å². The maximum atomic E-state index is 13.2. The maximum Gasteiger partial charge on any atom is 0.230 e. The van der Waals surface area contributed by atoms with E-state index in [2.05, 4.69) is 10.2 Å². The first-order valence-corrected chi connectivity index (χ1v) is 9.09. The third kappa shape index (κ3) is 3.39. The van der Waals surface area contributed by atoms with Crippen molar-refractivity contribution >= 4 is 5.91 Å². The predicted octanol–water partition coefficient (Wildman–Crippen LogP) is 2.64. The van der Waals surface area contributed by atoms with E-state index >= 15 is 0 Å². The fourth-order valence-corrected chi connectivity index (χ4v) is 3.68. The minimum Gasteiger partial charge on any atom is -0.468 e. The molecule has 5 nitrogen and oxygen atoms in total. The third-order valence-electron chi connectivity index (χ3n) is 5.40. The van der Waals surface area contributed by atoms with Gasteiger partial charge in [-0.15, -0.1) is 0 Å². The molecule has 1 N–H and O–H groups in total. The summed E-state index contributed by atoms with van der Waals surface area (Å²) in [7, 11) is 0. The average molecular weight is 358 g/mol. The number of amides is 1. The van der Waals surface area contributed by atoms with Crippen molar-refractivity contribution in [2.24, 2.45) is 0 Å². The molecule has 1 unspecified atom stereocenters. The van der Waals surface area contributed by atoms with Crippen LogP contribution in [0.4, 0.5) is 4.39 Å². The highest BCUT2D eigenvalue weighted by atomic mass is 19.1. The van der Waals surface area contributed by atoms with Gasteiger partial charge in [-0.25, -0.2) is 4.39 Å². The number of hydrogen-bond acceptors (Lipinski definition) is 4. The molecule has 1 aliphatic carbocycles. The zero-order chi connectivity index (χ0) is 18.0. The zero-order valence-corrected chi connectivity index (χ0v) is 14.6. The van der Waals surface area contributed by atoms with Crippen LogP contribution in [0, 0.1) is 5.82 Å². The number of rotatable bonds is 6. The van der Waals surface area contributed by atoms with E-state index in [4.69, 9.17) is 9.15 Å². The molecule has 1 atom stereocenters. The maximum absolute atomic E-state index is 13.2. The van der Waals surface area contributed by atoms with Crippen molar-refractivity contribution in [1.29, 1.82) is 0 Å². The molecule has 2 aromatic rings. The van der Waals surface area contributed by atoms with Gasteiger partial charge in [0.05, 0.1) is 30.9 Å². The van der Waals surface area contributed by atoms with Crippen molar-refractivity contribution in [3.63, 3.8) is 0 Å². The third-order valence-corrected chi connectivity index (χ3v) is 5.40. The second-order valence-electron chi connectivity index (χ2n) is 6.98. The Kier molecular flexibility index (Phi) is 4.78. The summed E-state index contributed by atoms with van der Waals surface area (Å²) in [6.07, 6.45) is 3.26. The van der Waals surface area contributed by atoms with Gasteiger partial charge >= 0.3 is 0 Å². The van der Waals surface area contributed by atoms with Gasteiger partial charge in [0.25, 0.3) is 0 Å². The lowest BCUT2D eigenvalue weighted by Crippen LogP contribution is -2.45. The number of carbonyl (C=O) groups is 1. The summed E-state index contributed by atoms with van der Waals surface area (Å²) in [5.41, 5.74) is 0.379. The fourth-order valence-electron chi connectivity index (χ4n) is 3.68. The van der Waals surface area contributed by atoms with Crippen LogP contribution < -0.4 is 5.32 Å². The number of morpholine rings is 1. The number of nitrogens with zero attached hydrogens (tertiary/aromatic N) is 1. The molecule has 2 aliphatic rings. The summed E-state index contributed by atoms with van der Waals surface area (Å²) in [4.78, 5) is 15.2. The molecule has 1 aromatic heterocycles. The van der Waals surface area contributed by atoms with Gasteiger partial charge in [0.2, 0.25) is 5.91 Å². The van der Waals surface area contributed by atoms with Crippen LogP contribution in [0.3, 0.4) is 0 Å². The summed E-state index contributed by atoms with van der Waals surface area (Å²) in [5, 5.41) is 3.11. The first-order valence-electron chi connectivity index (χ1n) is 9.09. The van der Waals surface area contributed by atoms with Crippen LogP contribution in [-0.2, 0) is 14.9 Å². The van der Waals surface area contributed by atoms with Crippen LogP contribution >= 0.6 is 0 Å². The second kappa shape index (κ2) is 7.21. The molecule has 138 valence electrons. The SMILES string of the molecule is O=C(NCC(c1ccco1)N1CCOCC1)C1(c2ccc(F)cc2)CC1. The van der Waals surface area contributed by atoms with Crippen molar-refractivity contribution in [3.05, 3.63) is 59.8 Å². The van der Waals surface area contributed by atoms with E-state index in [0.717, 1.165) is 37.3 Å². The van der Waals surface area contributed by atoms with Crippen molar-refractivity contribution in [2.75, 3.05) is 32.8 Å². The van der Waals surface area contributed by atoms with Crippen LogP contribution in [0.2, 0.25) is 0 Å². The molecule has 2 heterocycles. The summed E-state index contributed by atoms with van der Waals surface area (Å²) < 4.78 is 24.2. The number of nitrogens with one attached hydrogen (secondary N) is 1. The lowest BCUT2D eigenvalue weighted by atomic mass is 9.95. The van der Waals surface area contributed by atoms with Crippen LogP contribution in [0.1, 0.15) is 30.2 Å². The normalized spacial score (nSPS) is 20.5. The highest BCUT2D eigenvalue weighted by molar-refractivity contribution is 5.91. The Morgan fingerprint density at radius 1 is 1.19 bits per heavy atom. The molecule has 1 saturated heterocycles. The van der Waals surface area contributed by atoms with E-state index in [1.165, 1.54) is 12.1 Å². The zero-order valence-electron chi connectivity index (χ0n) is 14.6. The number of benzene rings is 1. The van der Waals surface area contributed by atoms with Gasteiger partial charge < -0.3 is 14.5 Å². The quantitative estimate of drug-likeness (QED) is 0.863. The molecule has 26 heavy (non-hydrogen) atoms. The highest BCUT2D eigenvalue weighted by Crippen LogP contribution is 2.48. The minimum absolute atomic E-state index is 0.00826. The standard InChI is InChI=1S/C20H23FN2O3/c21-16-5-3-15(4-6-16)20(7-8-20)19(24)22-14-17(18-2-1-11-26-18)23-9-12-25-13-10-23/h1-6,11,17H,7-10,12-14H2,(H,22,24). The summed E-state index contributed by atoms with van der Waals surface area (Å²) >= 11 is 0. The highest BCUT2D eigenvalue weighted by Gasteiger charge is 2.51. The van der Waals surface area contributed by atoms with Crippen LogP contribution in [0.15, 0.2) is 47.1 Å². The summed E-state index contributed by atoms with van der Waals surface area (Å²) in [6.45, 7) is 3.47. The Labute approximate surface area is 152 Å². The number of carbonyl (C=O) groups excluding carboxylic acids is 1. The van der Waals surface area contributed by atoms with E-state index in [-0.39, 0.29) is 17.8 Å². The number of ether oxygens (including phenoxy) is 1. The first-order chi connectivity index (χ1) is 12.7. The van der Waals surface area contributed by atoms with Crippen LogP contribution in [0.25, 0.3) is 0 Å². The molecule has 6 heteroatoms. The van der Waals surface area contributed by atoms with E-state index < -0.39 is 5.41 Å². The lowest BCUT2D eigenvalue weighted by molar-refractivity contribution is -0.124. The number of furan rings is 1. The Morgan fingerprint density at radius 2 is 1.92 bits per heavy atom. The minimum atomic E-state index is -0.508. The van der Waals surface area contributed by atoms with Gasteiger partial charge in [-0.05, 0) is 42.7 Å². The smallest absolute Gasteiger partial charge is 0.230 e. The topological polar surface area (TPSA) is 54.7 Å². The molecular formula is C20H23FN2O3. The molecule has 0 bridgehead atoms. The van der Waals surface area contributed by atoms with Crippen molar-refractivity contribution < 1.29 is 18.3 Å². The Hall–Kier alpha value is -2.18. The molecular weight excluding hydrogens is 335 g/mol. The Morgan fingerprint density at radius 3 is 2.54 bits per heavy atom. The average Bonchev–Trinajstić information content (AvgIpc) is 3.31. The largest absolute Gasteiger partial charge is 0.468 e. The van der Waals surface area contributed by atoms with Gasteiger partial charge in [0, 0.05) is 19.6 Å². The Bertz CT molecular complexity index is 735. The first kappa shape index (κ1) is 17.2. The van der Waals surface area contributed by atoms with Gasteiger partial charge in [0.1, 0.15) is 11.6 Å². The van der Waals surface area contributed by atoms with Crippen LogP contribution in [0.5, 0.6) is 0 Å². The summed E-state index contributed by atoms with van der Waals surface area (Å²) in [5.74, 6) is 0.572. The van der Waals surface area contributed by atoms with Gasteiger partial charge in [-0.1, -0.05) is 12.1 Å². The lowest BCUT2D eigenvalue weighted by Gasteiger charge is -2.33. The summed E-state index contributed by atoms with van der Waals surface area (Å²) in [6, 6.07) is 10.1. The van der Waals surface area contributed by atoms with E-state index in [1.807, 2.05) is 12.1 Å². The van der Waals surface area contributed by atoms with E-state index in [1.54, 1.807) is 18.4 Å². The monoisotopic (exact) mass is 358 g/mol. The molecule has 4 rings (SSSR count). The van der Waals surface area contributed by atoms with Crippen molar-refractivity contribution in [1.82, 2.24) is 10.2 Å². The molecule has 0 radical (unpaired) electrons. The Balaban J connectivity index is 1.45. The number of hydrogen-bond donors (Lipinski definition) is 1. The van der Waals surface area contributed by atoms with Gasteiger partial charge in [0.15, 0.2) is 0 Å². The van der Waals surface area contributed by atoms with E-state index in [9.17, 15) is 9.18 Å². The molecule has 2 fully saturated rings. The molecule has 1 amide bonds. The molecule has 1 saturated carbocycles. The van der Waals surface area contributed by atoms with Crippen molar-refractivity contribution in [2.45, 2.75) is 24.3 Å². The molecule has 1 aromatic carbocycles. The van der Waals surface area contributed by atoms with Crippen molar-refractivity contribution in [3.8, 4) is 0 Å². The van der Waals surface area contributed by atoms with Gasteiger partial charge in [-0.3, -0.25) is 9.69 Å². The predicted molar refractivity (Wildman–Crippen MR) is 94.2 cm³/mol. The fraction of sp³-hybridized carbons (Fsp3) is 0.450.